The van der Waals surface area contributed by atoms with Crippen molar-refractivity contribution in [1.82, 2.24) is 4.98 Å². The van der Waals surface area contributed by atoms with Gasteiger partial charge in [0.2, 0.25) is 0 Å². The zero-order chi connectivity index (χ0) is 14.5. The highest BCUT2D eigenvalue weighted by Gasteiger charge is 2.27. The van der Waals surface area contributed by atoms with E-state index >= 15 is 0 Å². The average molecular weight is 347 g/mol. The summed E-state index contributed by atoms with van der Waals surface area (Å²) < 4.78 is 7.01. The second kappa shape index (κ2) is 7.05. The number of halogens is 1. The van der Waals surface area contributed by atoms with Crippen molar-refractivity contribution < 1.29 is 4.74 Å². The number of pyridine rings is 1. The molecule has 3 rings (SSSR count). The van der Waals surface area contributed by atoms with E-state index in [4.69, 9.17) is 4.74 Å². The second-order valence-corrected chi connectivity index (χ2v) is 6.26. The molecule has 21 heavy (non-hydrogen) atoms. The Hall–Kier alpha value is -1.39. The lowest BCUT2D eigenvalue weighted by Gasteiger charge is -2.32. The standard InChI is InChI=1S/C17H19BrN2O/c18-15-8-9-16(20-12-15)19-11-14-7-4-10-21-17(14)13-5-2-1-3-6-13/h1-3,5-6,8-9,12,14,17H,4,7,10-11H2,(H,19,20). The number of ether oxygens (including phenoxy) is 1. The molecule has 1 saturated heterocycles. The minimum atomic E-state index is 0.183. The van der Waals surface area contributed by atoms with Crippen molar-refractivity contribution in [3.8, 4) is 0 Å². The number of rotatable bonds is 4. The lowest BCUT2D eigenvalue weighted by Crippen LogP contribution is -2.28. The molecular formula is C17H19BrN2O. The molecule has 0 bridgehead atoms. The summed E-state index contributed by atoms with van der Waals surface area (Å²) in [5, 5.41) is 3.43. The highest BCUT2D eigenvalue weighted by atomic mass is 79.9. The van der Waals surface area contributed by atoms with E-state index < -0.39 is 0 Å². The van der Waals surface area contributed by atoms with Crippen LogP contribution in [-0.2, 0) is 4.74 Å². The molecule has 110 valence electrons. The minimum absolute atomic E-state index is 0.183. The Bertz CT molecular complexity index is 559. The molecule has 0 amide bonds. The van der Waals surface area contributed by atoms with Gasteiger partial charge in [-0.05, 0) is 46.5 Å². The van der Waals surface area contributed by atoms with Crippen LogP contribution in [0.25, 0.3) is 0 Å². The fourth-order valence-electron chi connectivity index (χ4n) is 2.78. The molecule has 4 heteroatoms. The van der Waals surface area contributed by atoms with E-state index in [0.717, 1.165) is 29.9 Å². The van der Waals surface area contributed by atoms with Gasteiger partial charge in [-0.1, -0.05) is 30.3 Å². The van der Waals surface area contributed by atoms with Crippen molar-refractivity contribution >= 4 is 21.7 Å². The average Bonchev–Trinajstić information content (AvgIpc) is 2.55. The van der Waals surface area contributed by atoms with E-state index in [2.05, 4.69) is 50.5 Å². The Labute approximate surface area is 133 Å². The van der Waals surface area contributed by atoms with E-state index in [1.165, 1.54) is 12.0 Å². The van der Waals surface area contributed by atoms with Crippen LogP contribution in [-0.4, -0.2) is 18.1 Å². The monoisotopic (exact) mass is 346 g/mol. The molecule has 2 unspecified atom stereocenters. The van der Waals surface area contributed by atoms with Crippen LogP contribution in [0.3, 0.4) is 0 Å². The predicted octanol–water partition coefficient (Wildman–Crippen LogP) is 4.42. The quantitative estimate of drug-likeness (QED) is 0.889. The van der Waals surface area contributed by atoms with Gasteiger partial charge in [-0.3, -0.25) is 0 Å². The predicted molar refractivity (Wildman–Crippen MR) is 88.3 cm³/mol. The van der Waals surface area contributed by atoms with Gasteiger partial charge in [0.25, 0.3) is 0 Å². The van der Waals surface area contributed by atoms with Crippen molar-refractivity contribution in [3.05, 3.63) is 58.7 Å². The molecule has 2 atom stereocenters. The Morgan fingerprint density at radius 3 is 2.81 bits per heavy atom. The van der Waals surface area contributed by atoms with Gasteiger partial charge < -0.3 is 10.1 Å². The summed E-state index contributed by atoms with van der Waals surface area (Å²) in [5.41, 5.74) is 1.27. The SMILES string of the molecule is Brc1ccc(NCC2CCCOC2c2ccccc2)nc1. The summed E-state index contributed by atoms with van der Waals surface area (Å²) >= 11 is 3.40. The van der Waals surface area contributed by atoms with Crippen LogP contribution in [0.4, 0.5) is 5.82 Å². The van der Waals surface area contributed by atoms with Crippen LogP contribution >= 0.6 is 15.9 Å². The van der Waals surface area contributed by atoms with Gasteiger partial charge in [-0.15, -0.1) is 0 Å². The third kappa shape index (κ3) is 3.83. The van der Waals surface area contributed by atoms with Gasteiger partial charge in [0.15, 0.2) is 0 Å². The van der Waals surface area contributed by atoms with E-state index in [-0.39, 0.29) is 6.10 Å². The molecule has 1 aromatic carbocycles. The summed E-state index contributed by atoms with van der Waals surface area (Å²) in [6, 6.07) is 14.5. The summed E-state index contributed by atoms with van der Waals surface area (Å²) in [5.74, 6) is 1.39. The highest BCUT2D eigenvalue weighted by molar-refractivity contribution is 9.10. The van der Waals surface area contributed by atoms with Crippen LogP contribution in [0.5, 0.6) is 0 Å². The first kappa shape index (κ1) is 14.5. The first-order chi connectivity index (χ1) is 10.3. The second-order valence-electron chi connectivity index (χ2n) is 5.35. The van der Waals surface area contributed by atoms with Crippen molar-refractivity contribution in [1.29, 1.82) is 0 Å². The van der Waals surface area contributed by atoms with Crippen molar-refractivity contribution in [2.45, 2.75) is 18.9 Å². The first-order valence-corrected chi connectivity index (χ1v) is 8.14. The van der Waals surface area contributed by atoms with Crippen molar-refractivity contribution in [2.75, 3.05) is 18.5 Å². The molecule has 0 saturated carbocycles. The molecule has 0 aliphatic carbocycles. The third-order valence-electron chi connectivity index (χ3n) is 3.85. The molecule has 1 N–H and O–H groups in total. The molecule has 1 fully saturated rings. The molecule has 2 aromatic rings. The van der Waals surface area contributed by atoms with Crippen LogP contribution < -0.4 is 5.32 Å². The molecule has 3 nitrogen and oxygen atoms in total. The number of hydrogen-bond donors (Lipinski definition) is 1. The summed E-state index contributed by atoms with van der Waals surface area (Å²) in [6.45, 7) is 1.74. The Morgan fingerprint density at radius 1 is 1.19 bits per heavy atom. The van der Waals surface area contributed by atoms with Gasteiger partial charge >= 0.3 is 0 Å². The van der Waals surface area contributed by atoms with Gasteiger partial charge in [-0.25, -0.2) is 4.98 Å². The number of nitrogens with one attached hydrogen (secondary N) is 1. The fraction of sp³-hybridized carbons (Fsp3) is 0.353. The molecule has 1 aromatic heterocycles. The molecule has 2 heterocycles. The maximum Gasteiger partial charge on any atom is 0.125 e. The number of nitrogens with zero attached hydrogens (tertiary/aromatic N) is 1. The normalized spacial score (nSPS) is 22.0. The maximum absolute atomic E-state index is 6.02. The zero-order valence-electron chi connectivity index (χ0n) is 11.8. The Kier molecular flexibility index (Phi) is 4.88. The van der Waals surface area contributed by atoms with Gasteiger partial charge in [0.05, 0.1) is 6.10 Å². The third-order valence-corrected chi connectivity index (χ3v) is 4.31. The molecule has 1 aliphatic heterocycles. The summed E-state index contributed by atoms with van der Waals surface area (Å²) in [7, 11) is 0. The molecule has 1 aliphatic rings. The highest BCUT2D eigenvalue weighted by Crippen LogP contribution is 2.33. The van der Waals surface area contributed by atoms with E-state index in [1.807, 2.05) is 24.4 Å². The largest absolute Gasteiger partial charge is 0.373 e. The van der Waals surface area contributed by atoms with E-state index in [0.29, 0.717) is 5.92 Å². The van der Waals surface area contributed by atoms with Crippen LogP contribution in [0.15, 0.2) is 53.1 Å². The zero-order valence-corrected chi connectivity index (χ0v) is 13.4. The van der Waals surface area contributed by atoms with Crippen LogP contribution in [0.2, 0.25) is 0 Å². The van der Waals surface area contributed by atoms with Gasteiger partial charge in [-0.2, -0.15) is 0 Å². The smallest absolute Gasteiger partial charge is 0.125 e. The fourth-order valence-corrected chi connectivity index (χ4v) is 3.01. The maximum atomic E-state index is 6.02. The van der Waals surface area contributed by atoms with E-state index in [9.17, 15) is 0 Å². The molecular weight excluding hydrogens is 328 g/mol. The summed E-state index contributed by atoms with van der Waals surface area (Å²) in [6.07, 6.45) is 4.31. The minimum Gasteiger partial charge on any atom is -0.373 e. The number of hydrogen-bond acceptors (Lipinski definition) is 3. The molecule has 0 radical (unpaired) electrons. The number of aromatic nitrogens is 1. The summed E-state index contributed by atoms with van der Waals surface area (Å²) in [4.78, 5) is 4.36. The van der Waals surface area contributed by atoms with Gasteiger partial charge in [0.1, 0.15) is 5.82 Å². The van der Waals surface area contributed by atoms with Gasteiger partial charge in [0, 0.05) is 29.7 Å². The lowest BCUT2D eigenvalue weighted by molar-refractivity contribution is -0.0238. The van der Waals surface area contributed by atoms with Crippen LogP contribution in [0.1, 0.15) is 24.5 Å². The molecule has 0 spiro atoms. The Balaban J connectivity index is 1.66. The topological polar surface area (TPSA) is 34.1 Å². The first-order valence-electron chi connectivity index (χ1n) is 7.35. The number of anilines is 1. The lowest BCUT2D eigenvalue weighted by atomic mass is 9.89. The number of benzene rings is 1. The van der Waals surface area contributed by atoms with Crippen molar-refractivity contribution in [3.63, 3.8) is 0 Å². The van der Waals surface area contributed by atoms with Crippen molar-refractivity contribution in [2.24, 2.45) is 5.92 Å². The Morgan fingerprint density at radius 2 is 2.05 bits per heavy atom. The van der Waals surface area contributed by atoms with E-state index in [1.54, 1.807) is 0 Å². The van der Waals surface area contributed by atoms with Crippen LogP contribution in [0, 0.1) is 5.92 Å².